The molecule has 4 nitrogen and oxygen atoms in total. The fraction of sp³-hybridized carbons (Fsp3) is 0.588. The SMILES string of the molecule is CN=C(NCCC1CCCO1)N(C)Cc1ccc(SC)cc1. The first-order valence-electron chi connectivity index (χ1n) is 7.89. The van der Waals surface area contributed by atoms with Crippen molar-refractivity contribution in [2.45, 2.75) is 36.8 Å². The predicted octanol–water partition coefficient (Wildman–Crippen LogP) is 2.98. The first kappa shape index (κ1) is 17.2. The Morgan fingerprint density at radius 3 is 2.77 bits per heavy atom. The molecule has 0 radical (unpaired) electrons. The third-order valence-electron chi connectivity index (χ3n) is 3.93. The summed E-state index contributed by atoms with van der Waals surface area (Å²) in [6.07, 6.45) is 5.97. The molecule has 0 aromatic heterocycles. The summed E-state index contributed by atoms with van der Waals surface area (Å²) in [7, 11) is 3.91. The summed E-state index contributed by atoms with van der Waals surface area (Å²) in [5.74, 6) is 0.937. The Bertz CT molecular complexity index is 469. The second-order valence-electron chi connectivity index (χ2n) is 5.60. The molecule has 1 aromatic rings. The van der Waals surface area contributed by atoms with Crippen molar-refractivity contribution >= 4 is 17.7 Å². The Morgan fingerprint density at radius 1 is 1.41 bits per heavy atom. The Hall–Kier alpha value is -1.20. The molecule has 0 bridgehead atoms. The number of aliphatic imine (C=N–C) groups is 1. The molecule has 122 valence electrons. The van der Waals surface area contributed by atoms with Crippen LogP contribution in [0.2, 0.25) is 0 Å². The first-order chi connectivity index (χ1) is 10.7. The van der Waals surface area contributed by atoms with E-state index in [9.17, 15) is 0 Å². The van der Waals surface area contributed by atoms with Gasteiger partial charge >= 0.3 is 0 Å². The maximum atomic E-state index is 5.65. The van der Waals surface area contributed by atoms with Gasteiger partial charge in [0, 0.05) is 38.7 Å². The van der Waals surface area contributed by atoms with E-state index in [1.165, 1.54) is 23.3 Å². The molecule has 1 atom stereocenters. The van der Waals surface area contributed by atoms with Gasteiger partial charge in [0.25, 0.3) is 0 Å². The zero-order valence-corrected chi connectivity index (χ0v) is 14.7. The van der Waals surface area contributed by atoms with Gasteiger partial charge < -0.3 is 15.0 Å². The maximum absolute atomic E-state index is 5.65. The Labute approximate surface area is 138 Å². The van der Waals surface area contributed by atoms with Crippen LogP contribution in [-0.2, 0) is 11.3 Å². The molecule has 5 heteroatoms. The van der Waals surface area contributed by atoms with Crippen LogP contribution < -0.4 is 5.32 Å². The molecule has 0 saturated carbocycles. The molecular formula is C17H27N3OS. The van der Waals surface area contributed by atoms with Crippen LogP contribution in [0.25, 0.3) is 0 Å². The van der Waals surface area contributed by atoms with Gasteiger partial charge in [-0.1, -0.05) is 12.1 Å². The second-order valence-corrected chi connectivity index (χ2v) is 6.48. The number of thioether (sulfide) groups is 1. The summed E-state index contributed by atoms with van der Waals surface area (Å²) in [6, 6.07) is 8.70. The van der Waals surface area contributed by atoms with E-state index in [0.717, 1.165) is 32.1 Å². The van der Waals surface area contributed by atoms with E-state index in [0.29, 0.717) is 6.10 Å². The average Bonchev–Trinajstić information content (AvgIpc) is 3.05. The lowest BCUT2D eigenvalue weighted by Crippen LogP contribution is -2.39. The molecule has 1 aromatic carbocycles. The number of benzene rings is 1. The van der Waals surface area contributed by atoms with Crippen molar-refractivity contribution in [1.29, 1.82) is 0 Å². The van der Waals surface area contributed by atoms with E-state index in [1.807, 2.05) is 7.05 Å². The molecule has 1 fully saturated rings. The predicted molar refractivity (Wildman–Crippen MR) is 94.6 cm³/mol. The van der Waals surface area contributed by atoms with E-state index < -0.39 is 0 Å². The Balaban J connectivity index is 1.78. The van der Waals surface area contributed by atoms with E-state index in [1.54, 1.807) is 11.8 Å². The van der Waals surface area contributed by atoms with Crippen molar-refractivity contribution < 1.29 is 4.74 Å². The van der Waals surface area contributed by atoms with Crippen LogP contribution in [0.1, 0.15) is 24.8 Å². The summed E-state index contributed by atoms with van der Waals surface area (Å²) in [5, 5.41) is 3.43. The van der Waals surface area contributed by atoms with Gasteiger partial charge in [0.1, 0.15) is 0 Å². The van der Waals surface area contributed by atoms with Crippen LogP contribution in [-0.4, -0.2) is 50.5 Å². The Morgan fingerprint density at radius 2 is 2.18 bits per heavy atom. The molecule has 1 heterocycles. The molecule has 1 unspecified atom stereocenters. The van der Waals surface area contributed by atoms with Crippen molar-refractivity contribution in [2.24, 2.45) is 4.99 Å². The lowest BCUT2D eigenvalue weighted by atomic mass is 10.2. The highest BCUT2D eigenvalue weighted by atomic mass is 32.2. The lowest BCUT2D eigenvalue weighted by Gasteiger charge is -2.23. The number of ether oxygens (including phenoxy) is 1. The fourth-order valence-corrected chi connectivity index (χ4v) is 3.09. The van der Waals surface area contributed by atoms with Crippen LogP contribution >= 0.6 is 11.8 Å². The number of guanidine groups is 1. The van der Waals surface area contributed by atoms with Crippen LogP contribution in [0.3, 0.4) is 0 Å². The first-order valence-corrected chi connectivity index (χ1v) is 9.11. The van der Waals surface area contributed by atoms with E-state index in [4.69, 9.17) is 4.74 Å². The molecule has 1 aliphatic rings. The molecule has 0 spiro atoms. The number of nitrogens with zero attached hydrogens (tertiary/aromatic N) is 2. The second kappa shape index (κ2) is 9.06. The van der Waals surface area contributed by atoms with Crippen LogP contribution in [0, 0.1) is 0 Å². The zero-order chi connectivity index (χ0) is 15.8. The quantitative estimate of drug-likeness (QED) is 0.496. The van der Waals surface area contributed by atoms with Crippen LogP contribution in [0.4, 0.5) is 0 Å². The van der Waals surface area contributed by atoms with Crippen LogP contribution in [0.15, 0.2) is 34.2 Å². The van der Waals surface area contributed by atoms with Gasteiger partial charge in [-0.15, -0.1) is 11.8 Å². The molecule has 1 saturated heterocycles. The van der Waals surface area contributed by atoms with Crippen molar-refractivity contribution in [3.63, 3.8) is 0 Å². The summed E-state index contributed by atoms with van der Waals surface area (Å²) in [5.41, 5.74) is 1.29. The third-order valence-corrected chi connectivity index (χ3v) is 4.67. The minimum atomic E-state index is 0.426. The molecule has 0 amide bonds. The van der Waals surface area contributed by atoms with Crippen molar-refractivity contribution in [3.05, 3.63) is 29.8 Å². The smallest absolute Gasteiger partial charge is 0.193 e. The minimum absolute atomic E-state index is 0.426. The highest BCUT2D eigenvalue weighted by Gasteiger charge is 2.15. The molecule has 2 rings (SSSR count). The van der Waals surface area contributed by atoms with E-state index in [2.05, 4.69) is 52.8 Å². The van der Waals surface area contributed by atoms with Gasteiger partial charge in [-0.05, 0) is 43.2 Å². The van der Waals surface area contributed by atoms with Gasteiger partial charge in [-0.3, -0.25) is 4.99 Å². The lowest BCUT2D eigenvalue weighted by molar-refractivity contribution is 0.105. The Kier molecular flexibility index (Phi) is 7.06. The largest absolute Gasteiger partial charge is 0.378 e. The minimum Gasteiger partial charge on any atom is -0.378 e. The summed E-state index contributed by atoms with van der Waals surface area (Å²) in [4.78, 5) is 7.82. The number of rotatable bonds is 6. The van der Waals surface area contributed by atoms with Gasteiger partial charge in [-0.2, -0.15) is 0 Å². The highest BCUT2D eigenvalue weighted by Crippen LogP contribution is 2.16. The maximum Gasteiger partial charge on any atom is 0.193 e. The van der Waals surface area contributed by atoms with Gasteiger partial charge in [-0.25, -0.2) is 0 Å². The van der Waals surface area contributed by atoms with Gasteiger partial charge in [0.05, 0.1) is 6.10 Å². The van der Waals surface area contributed by atoms with Crippen molar-refractivity contribution in [2.75, 3.05) is 33.5 Å². The van der Waals surface area contributed by atoms with Crippen molar-refractivity contribution in [1.82, 2.24) is 10.2 Å². The topological polar surface area (TPSA) is 36.9 Å². The monoisotopic (exact) mass is 321 g/mol. The highest BCUT2D eigenvalue weighted by molar-refractivity contribution is 7.98. The fourth-order valence-electron chi connectivity index (χ4n) is 2.68. The summed E-state index contributed by atoms with van der Waals surface area (Å²) in [6.45, 7) is 2.69. The molecular weight excluding hydrogens is 294 g/mol. The summed E-state index contributed by atoms with van der Waals surface area (Å²) < 4.78 is 5.65. The van der Waals surface area contributed by atoms with E-state index in [-0.39, 0.29) is 0 Å². The number of hydrogen-bond acceptors (Lipinski definition) is 3. The normalized spacial score (nSPS) is 18.5. The molecule has 0 aliphatic carbocycles. The van der Waals surface area contributed by atoms with Crippen LogP contribution in [0.5, 0.6) is 0 Å². The molecule has 1 N–H and O–H groups in total. The zero-order valence-electron chi connectivity index (χ0n) is 13.8. The molecule has 22 heavy (non-hydrogen) atoms. The summed E-state index contributed by atoms with van der Waals surface area (Å²) >= 11 is 1.77. The van der Waals surface area contributed by atoms with Gasteiger partial charge in [0.15, 0.2) is 5.96 Å². The van der Waals surface area contributed by atoms with E-state index >= 15 is 0 Å². The average molecular weight is 321 g/mol. The molecule has 1 aliphatic heterocycles. The van der Waals surface area contributed by atoms with Gasteiger partial charge in [0.2, 0.25) is 0 Å². The number of hydrogen-bond donors (Lipinski definition) is 1. The third kappa shape index (κ3) is 5.21. The standard InChI is InChI=1S/C17H27N3OS/c1-18-17(19-11-10-15-5-4-12-21-15)20(2)13-14-6-8-16(22-3)9-7-14/h6-9,15H,4-5,10-13H2,1-3H3,(H,18,19). The van der Waals surface area contributed by atoms with Crippen molar-refractivity contribution in [3.8, 4) is 0 Å². The number of nitrogens with one attached hydrogen (secondary N) is 1.